The van der Waals surface area contributed by atoms with Gasteiger partial charge in [0.05, 0.1) is 32.7 Å². The molecule has 0 aliphatic carbocycles. The first-order valence-electron chi connectivity index (χ1n) is 15.2. The second kappa shape index (κ2) is 19.1. The summed E-state index contributed by atoms with van der Waals surface area (Å²) in [6.45, 7) is 4.59. The van der Waals surface area contributed by atoms with Gasteiger partial charge in [-0.05, 0) is 37.6 Å². The topological polar surface area (TPSA) is 208 Å². The number of carbonyl (C=O) groups is 6. The minimum Gasteiger partial charge on any atom is -0.465 e. The maximum atomic E-state index is 13.4. The lowest BCUT2D eigenvalue weighted by atomic mass is 9.87. The van der Waals surface area contributed by atoms with Crippen molar-refractivity contribution in [2.75, 3.05) is 26.8 Å². The maximum absolute atomic E-state index is 13.4. The molecule has 6 atom stereocenters. The highest BCUT2D eigenvalue weighted by molar-refractivity contribution is 6.30. The predicted octanol–water partition coefficient (Wildman–Crippen LogP) is 1.56. The molecule has 2 amide bonds. The second-order valence-corrected chi connectivity index (χ2v) is 11.3. The summed E-state index contributed by atoms with van der Waals surface area (Å²) in [6, 6.07) is 4.79. The number of esters is 4. The van der Waals surface area contributed by atoms with Crippen LogP contribution in [0.2, 0.25) is 5.02 Å². The van der Waals surface area contributed by atoms with Crippen molar-refractivity contribution in [2.24, 2.45) is 5.73 Å². The Kier molecular flexibility index (Phi) is 16.0. The Labute approximate surface area is 278 Å². The average Bonchev–Trinajstić information content (AvgIpc) is 2.99. The van der Waals surface area contributed by atoms with Gasteiger partial charge in [-0.15, -0.1) is 0 Å². The molecule has 1 aliphatic rings. The van der Waals surface area contributed by atoms with Crippen molar-refractivity contribution < 1.29 is 57.2 Å². The molecule has 262 valence electrons. The highest BCUT2D eigenvalue weighted by Gasteiger charge is 2.59. The lowest BCUT2D eigenvalue weighted by Crippen LogP contribution is -2.69. The summed E-state index contributed by atoms with van der Waals surface area (Å²) < 4.78 is 34.0. The number of methoxy groups -OCH3 is 1. The van der Waals surface area contributed by atoms with E-state index in [0.717, 1.165) is 47.1 Å². The van der Waals surface area contributed by atoms with E-state index in [-0.39, 0.29) is 12.2 Å². The third kappa shape index (κ3) is 12.4. The van der Waals surface area contributed by atoms with Crippen LogP contribution in [-0.4, -0.2) is 98.7 Å². The van der Waals surface area contributed by atoms with Gasteiger partial charge in [0.15, 0.2) is 12.2 Å². The minimum absolute atomic E-state index is 0.00524. The van der Waals surface area contributed by atoms with Gasteiger partial charge in [-0.2, -0.15) is 0 Å². The molecule has 4 N–H and O–H groups in total. The van der Waals surface area contributed by atoms with E-state index >= 15 is 0 Å². The molecule has 15 nitrogen and oxygen atoms in total. The summed E-state index contributed by atoms with van der Waals surface area (Å²) in [5.74, 6) is -6.85. The van der Waals surface area contributed by atoms with Crippen molar-refractivity contribution in [3.05, 3.63) is 34.9 Å². The van der Waals surface area contributed by atoms with E-state index in [4.69, 9.17) is 45.8 Å². The highest BCUT2D eigenvalue weighted by Crippen LogP contribution is 2.37. The van der Waals surface area contributed by atoms with Gasteiger partial charge in [0.25, 0.3) is 11.7 Å². The molecule has 1 aliphatic heterocycles. The van der Waals surface area contributed by atoms with Gasteiger partial charge in [-0.1, -0.05) is 30.5 Å². The molecule has 1 aromatic carbocycles. The maximum Gasteiger partial charge on any atom is 0.366 e. The minimum atomic E-state index is -2.22. The number of carbonyl (C=O) groups excluding carboxylic acids is 6. The normalized spacial score (nSPS) is 21.8. The Morgan fingerprint density at radius 1 is 1.00 bits per heavy atom. The number of unbranched alkanes of at least 4 members (excludes halogenated alkanes) is 3. The molecule has 0 bridgehead atoms. The van der Waals surface area contributed by atoms with Crippen molar-refractivity contribution in [1.29, 1.82) is 0 Å². The number of ether oxygens (including phenoxy) is 6. The van der Waals surface area contributed by atoms with Crippen molar-refractivity contribution in [3.8, 4) is 0 Å². The fourth-order valence-electron chi connectivity index (χ4n) is 5.14. The first-order chi connectivity index (χ1) is 22.2. The number of nitrogens with one attached hydrogen (secondary N) is 2. The van der Waals surface area contributed by atoms with Crippen LogP contribution in [0.3, 0.4) is 0 Å². The van der Waals surface area contributed by atoms with E-state index in [2.05, 4.69) is 10.6 Å². The van der Waals surface area contributed by atoms with Gasteiger partial charge >= 0.3 is 23.9 Å². The van der Waals surface area contributed by atoms with Crippen LogP contribution >= 0.6 is 11.6 Å². The molecule has 1 fully saturated rings. The van der Waals surface area contributed by atoms with E-state index in [1.54, 1.807) is 12.1 Å². The van der Waals surface area contributed by atoms with Crippen LogP contribution in [-0.2, 0) is 52.4 Å². The summed E-state index contributed by atoms with van der Waals surface area (Å²) in [5.41, 5.74) is 5.76. The van der Waals surface area contributed by atoms with E-state index < -0.39 is 84.9 Å². The molecule has 47 heavy (non-hydrogen) atoms. The Bertz CT molecular complexity index is 1260. The zero-order chi connectivity index (χ0) is 35.1. The standard InChI is InChI=1S/C31H44ClN3O12/c1-18(36)35-26-24(44-19(2)37)16-31(30(41)42-5,43-14-9-7-6-8-13-33)47-28(26)27(46-21(4)39)25(45-20(3)38)17-34-29(40)22-11-10-12-23(32)15-22/h10-12,15,24-28H,6-9,13-14,16-17,33H2,1-5H3,(H,34,40)(H,35,36)/t24-,25+,26+,27+,28+,31+/m0/s1. The molecule has 1 aromatic rings. The molecule has 0 spiro atoms. The monoisotopic (exact) mass is 685 g/mol. The van der Waals surface area contributed by atoms with Gasteiger partial charge in [0.2, 0.25) is 5.91 Å². The Morgan fingerprint density at radius 3 is 2.26 bits per heavy atom. The quantitative estimate of drug-likeness (QED) is 0.121. The molecule has 0 aromatic heterocycles. The predicted molar refractivity (Wildman–Crippen MR) is 166 cm³/mol. The zero-order valence-electron chi connectivity index (χ0n) is 27.2. The summed E-state index contributed by atoms with van der Waals surface area (Å²) in [7, 11) is 1.10. The lowest BCUT2D eigenvalue weighted by molar-refractivity contribution is -0.313. The summed E-state index contributed by atoms with van der Waals surface area (Å²) in [4.78, 5) is 75.9. The average molecular weight is 686 g/mol. The Balaban J connectivity index is 2.62. The van der Waals surface area contributed by atoms with E-state index in [1.165, 1.54) is 19.1 Å². The zero-order valence-corrected chi connectivity index (χ0v) is 28.0. The number of nitrogens with two attached hydrogens (primary N) is 1. The van der Waals surface area contributed by atoms with Gasteiger partial charge in [-0.3, -0.25) is 24.0 Å². The first-order valence-corrected chi connectivity index (χ1v) is 15.5. The number of benzene rings is 1. The molecule has 16 heteroatoms. The molecular formula is C31H44ClN3O12. The van der Waals surface area contributed by atoms with Crippen molar-refractivity contribution in [2.45, 2.75) is 96.0 Å². The number of halogens is 1. The fraction of sp³-hybridized carbons (Fsp3) is 0.613. The van der Waals surface area contributed by atoms with Crippen LogP contribution in [0.4, 0.5) is 0 Å². The SMILES string of the molecule is COC(=O)[C@@]1(OCCCCCCN)C[C@H](OC(C)=O)[C@@H](NC(C)=O)[C@H]([C@H](OC(C)=O)[C@@H](CNC(=O)c2cccc(Cl)c2)OC(C)=O)O1. The molecule has 2 rings (SSSR count). The third-order valence-electron chi connectivity index (χ3n) is 7.03. The molecule has 1 heterocycles. The van der Waals surface area contributed by atoms with Gasteiger partial charge in [0.1, 0.15) is 12.2 Å². The largest absolute Gasteiger partial charge is 0.465 e. The Morgan fingerprint density at radius 2 is 1.68 bits per heavy atom. The first kappa shape index (κ1) is 39.4. The number of hydrogen-bond acceptors (Lipinski definition) is 13. The molecule has 1 saturated heterocycles. The number of hydrogen-bond donors (Lipinski definition) is 3. The van der Waals surface area contributed by atoms with Crippen LogP contribution in [0.5, 0.6) is 0 Å². The van der Waals surface area contributed by atoms with Crippen molar-refractivity contribution in [1.82, 2.24) is 10.6 Å². The van der Waals surface area contributed by atoms with Crippen LogP contribution in [0, 0.1) is 0 Å². The van der Waals surface area contributed by atoms with Crippen LogP contribution in [0.15, 0.2) is 24.3 Å². The lowest BCUT2D eigenvalue weighted by Gasteiger charge is -2.48. The van der Waals surface area contributed by atoms with Crippen molar-refractivity contribution >= 4 is 47.3 Å². The van der Waals surface area contributed by atoms with E-state index in [0.29, 0.717) is 18.0 Å². The molecule has 0 saturated carbocycles. The van der Waals surface area contributed by atoms with Gasteiger partial charge in [0, 0.05) is 38.3 Å². The van der Waals surface area contributed by atoms with Gasteiger partial charge < -0.3 is 44.8 Å². The summed E-state index contributed by atoms with van der Waals surface area (Å²) in [5, 5.41) is 5.55. The fourth-order valence-corrected chi connectivity index (χ4v) is 5.33. The van der Waals surface area contributed by atoms with Gasteiger partial charge in [-0.25, -0.2) is 4.79 Å². The van der Waals surface area contributed by atoms with E-state index in [1.807, 2.05) is 0 Å². The second-order valence-electron chi connectivity index (χ2n) is 10.9. The summed E-state index contributed by atoms with van der Waals surface area (Å²) >= 11 is 6.02. The third-order valence-corrected chi connectivity index (χ3v) is 7.26. The molecule has 0 unspecified atom stereocenters. The number of amides is 2. The van der Waals surface area contributed by atoms with E-state index in [9.17, 15) is 28.8 Å². The summed E-state index contributed by atoms with van der Waals surface area (Å²) in [6.07, 6.45) is -3.51. The van der Waals surface area contributed by atoms with Crippen LogP contribution in [0.25, 0.3) is 0 Å². The Hall–Kier alpha value is -3.79. The van der Waals surface area contributed by atoms with Crippen molar-refractivity contribution in [3.63, 3.8) is 0 Å². The number of rotatable bonds is 17. The highest BCUT2D eigenvalue weighted by atomic mass is 35.5. The molecular weight excluding hydrogens is 642 g/mol. The van der Waals surface area contributed by atoms with Crippen LogP contribution < -0.4 is 16.4 Å². The smallest absolute Gasteiger partial charge is 0.366 e. The molecule has 0 radical (unpaired) electrons. The van der Waals surface area contributed by atoms with Crippen LogP contribution in [0.1, 0.15) is 70.2 Å².